The smallest absolute Gasteiger partial charge is 0.354 e. The molecule has 0 unspecified atom stereocenters. The van der Waals surface area contributed by atoms with Crippen molar-refractivity contribution in [1.29, 1.82) is 0 Å². The third kappa shape index (κ3) is 6.05. The lowest BCUT2D eigenvalue weighted by atomic mass is 10.0. The van der Waals surface area contributed by atoms with E-state index in [1.54, 1.807) is 35.2 Å². The number of carboxylic acid groups (broad SMARTS) is 1. The van der Waals surface area contributed by atoms with E-state index in [1.165, 1.54) is 17.8 Å². The van der Waals surface area contributed by atoms with E-state index in [1.807, 2.05) is 24.3 Å². The van der Waals surface area contributed by atoms with Crippen LogP contribution >= 0.6 is 0 Å². The Kier molecular flexibility index (Phi) is 8.39. The molecule has 36 heavy (non-hydrogen) atoms. The highest BCUT2D eigenvalue weighted by Crippen LogP contribution is 2.24. The van der Waals surface area contributed by atoms with Gasteiger partial charge in [0.05, 0.1) is 0 Å². The highest BCUT2D eigenvalue weighted by atomic mass is 16.4. The van der Waals surface area contributed by atoms with Gasteiger partial charge < -0.3 is 26.8 Å². The van der Waals surface area contributed by atoms with Gasteiger partial charge in [-0.15, -0.1) is 0 Å². The van der Waals surface area contributed by atoms with Gasteiger partial charge in [-0.25, -0.2) is 14.6 Å². The Hall–Kier alpha value is -4.24. The van der Waals surface area contributed by atoms with Crippen LogP contribution in [0.3, 0.4) is 0 Å². The predicted octanol–water partition coefficient (Wildman–Crippen LogP) is 5.37. The van der Waals surface area contributed by atoms with Gasteiger partial charge in [0.1, 0.15) is 11.7 Å². The molecule has 0 saturated carbocycles. The maximum Gasteiger partial charge on any atom is 0.354 e. The summed E-state index contributed by atoms with van der Waals surface area (Å²) in [7, 11) is 0. The molecule has 0 bridgehead atoms. The predicted molar refractivity (Wildman–Crippen MR) is 140 cm³/mol. The molecule has 0 aliphatic carbocycles. The molecule has 2 heterocycles. The topological polar surface area (TPSA) is 147 Å². The number of nitrogens with one attached hydrogen (secondary N) is 2. The van der Waals surface area contributed by atoms with Gasteiger partial charge in [-0.3, -0.25) is 4.79 Å². The van der Waals surface area contributed by atoms with Gasteiger partial charge in [-0.1, -0.05) is 38.1 Å². The molecule has 1 aliphatic rings. The first-order valence-corrected chi connectivity index (χ1v) is 11.6. The number of rotatable bonds is 6. The number of carbonyl (C=O) groups excluding carboxylic acids is 2. The van der Waals surface area contributed by atoms with Crippen molar-refractivity contribution in [3.05, 3.63) is 78.1 Å². The second-order valence-corrected chi connectivity index (χ2v) is 8.86. The maximum absolute atomic E-state index is 13.0. The first-order chi connectivity index (χ1) is 16.8. The Morgan fingerprint density at radius 2 is 1.58 bits per heavy atom. The van der Waals surface area contributed by atoms with Crippen molar-refractivity contribution in [2.75, 3.05) is 17.2 Å². The van der Waals surface area contributed by atoms with Crippen LogP contribution in [-0.4, -0.2) is 45.5 Å². The summed E-state index contributed by atoms with van der Waals surface area (Å²) in [5.41, 5.74) is 3.98. The number of pyridine rings is 1. The fourth-order valence-electron chi connectivity index (χ4n) is 4.13. The van der Waals surface area contributed by atoms with Crippen molar-refractivity contribution in [1.82, 2.24) is 16.0 Å². The van der Waals surface area contributed by atoms with Gasteiger partial charge in [0.25, 0.3) is 0 Å². The highest BCUT2D eigenvalue weighted by molar-refractivity contribution is 5.99. The number of carbonyl (C=O) groups is 3. The summed E-state index contributed by atoms with van der Waals surface area (Å²) in [5.74, 6) is -0.918. The highest BCUT2D eigenvalue weighted by Gasteiger charge is 2.34. The van der Waals surface area contributed by atoms with Gasteiger partial charge in [0.2, 0.25) is 5.91 Å². The van der Waals surface area contributed by atoms with E-state index in [0.29, 0.717) is 30.3 Å². The number of benzene rings is 2. The molecule has 2 aromatic carbocycles. The monoisotopic (exact) mass is 489 g/mol. The number of hydrogen-bond donors (Lipinski definition) is 4. The molecular weight excluding hydrogens is 458 g/mol. The summed E-state index contributed by atoms with van der Waals surface area (Å²) < 4.78 is 0. The number of aromatic nitrogens is 1. The Morgan fingerprint density at radius 3 is 2.22 bits per heavy atom. The quantitative estimate of drug-likeness (QED) is 0.366. The lowest BCUT2D eigenvalue weighted by Crippen LogP contribution is -2.45. The van der Waals surface area contributed by atoms with Crippen molar-refractivity contribution in [2.24, 2.45) is 0 Å². The molecule has 0 radical (unpaired) electrons. The van der Waals surface area contributed by atoms with Crippen LogP contribution in [0.1, 0.15) is 48.7 Å². The summed E-state index contributed by atoms with van der Waals surface area (Å²) in [6.45, 7) is 4.74. The van der Waals surface area contributed by atoms with Crippen LogP contribution in [0.5, 0.6) is 0 Å². The van der Waals surface area contributed by atoms with E-state index in [-0.39, 0.29) is 23.8 Å². The normalized spacial score (nSPS) is 14.8. The lowest BCUT2D eigenvalue weighted by Gasteiger charge is -2.24. The average molecular weight is 490 g/mol. The standard InChI is InChI=1S/C27H28N4O4.H3N/c1-17(2)18-5-9-22(10-6-18)30-27(35)31-15-3-4-24(31)25(32)29-21-11-7-19(8-12-21)20-13-14-28-23(16-20)26(33)34;/h5-14,16-17,24H,3-4,15H2,1-2H3,(H,29,32)(H,30,35)(H,33,34);1H3/t24-;/m1./s1. The van der Waals surface area contributed by atoms with Gasteiger partial charge in [0, 0.05) is 24.1 Å². The fraction of sp³-hybridized carbons (Fsp3) is 0.259. The average Bonchev–Trinajstić information content (AvgIpc) is 3.35. The van der Waals surface area contributed by atoms with Gasteiger partial charge in [0.15, 0.2) is 0 Å². The maximum atomic E-state index is 13.0. The molecule has 1 atom stereocenters. The fourth-order valence-corrected chi connectivity index (χ4v) is 4.13. The van der Waals surface area contributed by atoms with Crippen LogP contribution in [0.15, 0.2) is 66.9 Å². The largest absolute Gasteiger partial charge is 0.477 e. The van der Waals surface area contributed by atoms with Crippen LogP contribution in [-0.2, 0) is 4.79 Å². The third-order valence-corrected chi connectivity index (χ3v) is 6.11. The molecule has 3 amide bonds. The Morgan fingerprint density at radius 1 is 0.944 bits per heavy atom. The van der Waals surface area contributed by atoms with E-state index in [0.717, 1.165) is 17.5 Å². The molecule has 188 valence electrons. The van der Waals surface area contributed by atoms with Gasteiger partial charge in [-0.05, 0) is 71.8 Å². The second kappa shape index (κ2) is 11.5. The van der Waals surface area contributed by atoms with E-state index in [9.17, 15) is 14.4 Å². The molecule has 1 fully saturated rings. The summed E-state index contributed by atoms with van der Waals surface area (Å²) in [4.78, 5) is 42.4. The third-order valence-electron chi connectivity index (χ3n) is 6.11. The molecule has 6 N–H and O–H groups in total. The number of hydrogen-bond acceptors (Lipinski definition) is 5. The molecule has 4 rings (SSSR count). The molecule has 9 nitrogen and oxygen atoms in total. The zero-order valence-electron chi connectivity index (χ0n) is 20.4. The summed E-state index contributed by atoms with van der Waals surface area (Å²) in [5, 5.41) is 14.9. The number of aromatic carboxylic acids is 1. The zero-order chi connectivity index (χ0) is 24.9. The summed E-state index contributed by atoms with van der Waals surface area (Å²) in [6, 6.07) is 17.2. The molecule has 1 aromatic heterocycles. The van der Waals surface area contributed by atoms with Crippen molar-refractivity contribution >= 4 is 29.3 Å². The number of carboxylic acids is 1. The Labute approximate surface area is 210 Å². The minimum atomic E-state index is -1.09. The molecule has 1 aliphatic heterocycles. The van der Waals surface area contributed by atoms with Crippen molar-refractivity contribution < 1.29 is 19.5 Å². The Bertz CT molecular complexity index is 1230. The van der Waals surface area contributed by atoms with Crippen LogP contribution in [0.4, 0.5) is 16.2 Å². The minimum Gasteiger partial charge on any atom is -0.477 e. The van der Waals surface area contributed by atoms with Gasteiger partial charge >= 0.3 is 12.0 Å². The number of amides is 3. The summed E-state index contributed by atoms with van der Waals surface area (Å²) >= 11 is 0. The van der Waals surface area contributed by atoms with Crippen molar-refractivity contribution in [3.8, 4) is 11.1 Å². The van der Waals surface area contributed by atoms with Crippen LogP contribution in [0.25, 0.3) is 11.1 Å². The van der Waals surface area contributed by atoms with Crippen LogP contribution in [0, 0.1) is 0 Å². The van der Waals surface area contributed by atoms with E-state index in [4.69, 9.17) is 5.11 Å². The van der Waals surface area contributed by atoms with E-state index in [2.05, 4.69) is 29.5 Å². The SMILES string of the molecule is CC(C)c1ccc(NC(=O)N2CCC[C@@H]2C(=O)Nc2ccc(-c3ccnc(C(=O)O)c3)cc2)cc1.N. The van der Waals surface area contributed by atoms with E-state index >= 15 is 0 Å². The number of nitrogens with zero attached hydrogens (tertiary/aromatic N) is 2. The number of urea groups is 1. The zero-order valence-corrected chi connectivity index (χ0v) is 20.4. The molecule has 0 spiro atoms. The van der Waals surface area contributed by atoms with Gasteiger partial charge in [-0.2, -0.15) is 0 Å². The van der Waals surface area contributed by atoms with Crippen molar-refractivity contribution in [3.63, 3.8) is 0 Å². The Balaban J connectivity index is 0.00000361. The molecular formula is C27H31N5O4. The first-order valence-electron chi connectivity index (χ1n) is 11.6. The molecule has 9 heteroatoms. The number of likely N-dealkylation sites (tertiary alicyclic amines) is 1. The van der Waals surface area contributed by atoms with Crippen molar-refractivity contribution in [2.45, 2.75) is 38.6 Å². The summed E-state index contributed by atoms with van der Waals surface area (Å²) in [6.07, 6.45) is 2.80. The van der Waals surface area contributed by atoms with Crippen LogP contribution in [0.2, 0.25) is 0 Å². The number of anilines is 2. The lowest BCUT2D eigenvalue weighted by molar-refractivity contribution is -0.119. The van der Waals surface area contributed by atoms with Crippen LogP contribution < -0.4 is 16.8 Å². The second-order valence-electron chi connectivity index (χ2n) is 8.86. The van der Waals surface area contributed by atoms with E-state index < -0.39 is 12.0 Å². The minimum absolute atomic E-state index is 0. The molecule has 1 saturated heterocycles. The molecule has 3 aromatic rings. The first kappa shape index (κ1) is 26.4.